The molecule has 0 aromatic heterocycles. The molecule has 8 heteroatoms. The Bertz CT molecular complexity index is 498. The van der Waals surface area contributed by atoms with E-state index in [-0.39, 0.29) is 15.6 Å². The number of rotatable bonds is 8. The molecule has 0 unspecified atom stereocenters. The van der Waals surface area contributed by atoms with Crippen molar-refractivity contribution in [3.63, 3.8) is 0 Å². The summed E-state index contributed by atoms with van der Waals surface area (Å²) >= 11 is 4.11. The van der Waals surface area contributed by atoms with Gasteiger partial charge in [0, 0.05) is 0 Å². The van der Waals surface area contributed by atoms with Crippen molar-refractivity contribution >= 4 is 42.4 Å². The van der Waals surface area contributed by atoms with Crippen molar-refractivity contribution < 1.29 is 23.8 Å². The van der Waals surface area contributed by atoms with Crippen LogP contribution < -0.4 is 19.5 Å². The molecule has 0 aliphatic carbocycles. The second-order valence-electron chi connectivity index (χ2n) is 3.83. The molecule has 21 heavy (non-hydrogen) atoms. The van der Waals surface area contributed by atoms with Crippen molar-refractivity contribution in [2.75, 3.05) is 31.8 Å². The van der Waals surface area contributed by atoms with Crippen molar-refractivity contribution in [1.82, 2.24) is 5.32 Å². The first-order valence-electron chi connectivity index (χ1n) is 5.98. The normalized spacial score (nSPS) is 9.90. The molecule has 1 aromatic carbocycles. The molecular formula is C13H16ClNO5Sn. The van der Waals surface area contributed by atoms with Gasteiger partial charge in [-0.2, -0.15) is 0 Å². The van der Waals surface area contributed by atoms with Crippen LogP contribution in [0.1, 0.15) is 10.4 Å². The van der Waals surface area contributed by atoms with Crippen LogP contribution in [0.2, 0.25) is 0 Å². The third-order valence-corrected chi connectivity index (χ3v) is 6.10. The summed E-state index contributed by atoms with van der Waals surface area (Å²) in [7, 11) is 4.45. The molecule has 1 rings (SSSR count). The van der Waals surface area contributed by atoms with Gasteiger partial charge in [-0.3, -0.25) is 0 Å². The van der Waals surface area contributed by atoms with Gasteiger partial charge in [-0.1, -0.05) is 0 Å². The van der Waals surface area contributed by atoms with Gasteiger partial charge < -0.3 is 0 Å². The maximum absolute atomic E-state index is 12.1. The first kappa shape index (κ1) is 17.9. The number of hydrogen-bond acceptors (Lipinski definition) is 5. The molecule has 0 spiro atoms. The summed E-state index contributed by atoms with van der Waals surface area (Å²) < 4.78 is 16.0. The molecule has 2 radical (unpaired) electrons. The van der Waals surface area contributed by atoms with E-state index in [1.807, 2.05) is 0 Å². The molecule has 1 N–H and O–H groups in total. The average molecular weight is 420 g/mol. The molecular weight excluding hydrogens is 404 g/mol. The molecule has 0 bridgehead atoms. The van der Waals surface area contributed by atoms with E-state index in [0.717, 1.165) is 0 Å². The molecule has 6 nitrogen and oxygen atoms in total. The van der Waals surface area contributed by atoms with E-state index in [0.29, 0.717) is 27.4 Å². The summed E-state index contributed by atoms with van der Waals surface area (Å²) in [5, 5.41) is 2.71. The van der Waals surface area contributed by atoms with Gasteiger partial charge in [-0.05, 0) is 0 Å². The van der Waals surface area contributed by atoms with Crippen LogP contribution in [0.15, 0.2) is 12.1 Å². The Morgan fingerprint density at radius 3 is 2.14 bits per heavy atom. The number of methoxy groups -OCH3 is 3. The Morgan fingerprint density at radius 2 is 1.71 bits per heavy atom. The predicted octanol–water partition coefficient (Wildman–Crippen LogP) is 0.869. The number of halogens is 1. The Kier molecular flexibility index (Phi) is 7.66. The number of carbonyl (C=O) groups is 2. The number of nitrogens with one attached hydrogen (secondary N) is 1. The van der Waals surface area contributed by atoms with Gasteiger partial charge in [0.2, 0.25) is 0 Å². The Morgan fingerprint density at radius 1 is 1.14 bits per heavy atom. The molecule has 0 aliphatic heterocycles. The third-order valence-electron chi connectivity index (χ3n) is 2.58. The topological polar surface area (TPSA) is 73.9 Å². The van der Waals surface area contributed by atoms with Crippen molar-refractivity contribution in [3.05, 3.63) is 17.7 Å². The van der Waals surface area contributed by atoms with Crippen molar-refractivity contribution in [2.45, 2.75) is 0 Å². The molecule has 0 atom stereocenters. The van der Waals surface area contributed by atoms with Crippen LogP contribution in [-0.2, 0) is 4.79 Å². The van der Waals surface area contributed by atoms with Crippen molar-refractivity contribution in [1.29, 1.82) is 0 Å². The van der Waals surface area contributed by atoms with E-state index in [4.69, 9.17) is 25.8 Å². The Labute approximate surface area is 138 Å². The monoisotopic (exact) mass is 421 g/mol. The van der Waals surface area contributed by atoms with Crippen LogP contribution in [0.3, 0.4) is 0 Å². The number of benzene rings is 1. The predicted molar refractivity (Wildman–Crippen MR) is 79.9 cm³/mol. The van der Waals surface area contributed by atoms with E-state index in [1.54, 1.807) is 12.1 Å². The molecule has 114 valence electrons. The van der Waals surface area contributed by atoms with E-state index < -0.39 is 21.1 Å². The number of amides is 1. The van der Waals surface area contributed by atoms with E-state index in [2.05, 4.69) is 5.32 Å². The van der Waals surface area contributed by atoms with Gasteiger partial charge in [0.1, 0.15) is 0 Å². The van der Waals surface area contributed by atoms with Crippen molar-refractivity contribution in [2.24, 2.45) is 0 Å². The average Bonchev–Trinajstić information content (AvgIpc) is 2.52. The molecule has 0 heterocycles. The van der Waals surface area contributed by atoms with Crippen LogP contribution >= 0.6 is 11.6 Å². The summed E-state index contributed by atoms with van der Waals surface area (Å²) in [6, 6.07) is 3.12. The first-order valence-corrected chi connectivity index (χ1v) is 9.96. The summed E-state index contributed by atoms with van der Waals surface area (Å²) in [5.74, 6) is 0.951. The fraction of sp³-hybridized carbons (Fsp3) is 0.385. The van der Waals surface area contributed by atoms with Crippen LogP contribution in [0.25, 0.3) is 0 Å². The minimum atomic E-state index is -1.32. The van der Waals surface area contributed by atoms with Crippen LogP contribution in [0.5, 0.6) is 17.2 Å². The van der Waals surface area contributed by atoms with Gasteiger partial charge in [0.05, 0.1) is 0 Å². The first-order chi connectivity index (χ1) is 10.1. The van der Waals surface area contributed by atoms with Gasteiger partial charge in [0.15, 0.2) is 0 Å². The zero-order chi connectivity index (χ0) is 15.8. The van der Waals surface area contributed by atoms with Crippen LogP contribution in [0.4, 0.5) is 0 Å². The molecule has 0 saturated heterocycles. The van der Waals surface area contributed by atoms with Gasteiger partial charge in [0.25, 0.3) is 0 Å². The zero-order valence-electron chi connectivity index (χ0n) is 12.0. The van der Waals surface area contributed by atoms with Gasteiger partial charge >= 0.3 is 138 Å². The van der Waals surface area contributed by atoms with E-state index in [1.165, 1.54) is 21.3 Å². The van der Waals surface area contributed by atoms with Crippen LogP contribution in [-0.4, -0.2) is 62.6 Å². The van der Waals surface area contributed by atoms with E-state index >= 15 is 0 Å². The zero-order valence-corrected chi connectivity index (χ0v) is 15.6. The standard InChI is InChI=1S/C11H14NO4.C2H2ClO.Sn/c1-12-11(13)7-5-8(14-2)10(16-4)9(6-7)15-3;3-1-2-4;/h5-6H,1H2,2-4H3,(H,12,13);1H2;. The van der Waals surface area contributed by atoms with Crippen molar-refractivity contribution in [3.8, 4) is 17.2 Å². The summed E-state index contributed by atoms with van der Waals surface area (Å²) in [6.07, 6.45) is 0. The Balaban J connectivity index is 2.87. The summed E-state index contributed by atoms with van der Waals surface area (Å²) in [4.78, 5) is 23.2. The second kappa shape index (κ2) is 8.99. The fourth-order valence-corrected chi connectivity index (χ4v) is 3.76. The Hall–Kier alpha value is -1.15. The van der Waals surface area contributed by atoms with Gasteiger partial charge in [-0.25, -0.2) is 0 Å². The number of hydrogen-bond donors (Lipinski definition) is 1. The molecule has 1 aromatic rings. The van der Waals surface area contributed by atoms with E-state index in [9.17, 15) is 9.59 Å². The fourth-order valence-electron chi connectivity index (χ4n) is 1.58. The van der Waals surface area contributed by atoms with Crippen LogP contribution in [0, 0.1) is 0 Å². The summed E-state index contributed by atoms with van der Waals surface area (Å²) in [6.45, 7) is 0. The molecule has 1 amide bonds. The molecule has 0 fully saturated rings. The SMILES string of the molecule is COc1cc(C(=O)N[CH2][Sn][C](=O)CCl)cc(OC)c1OC. The molecule has 0 aliphatic rings. The molecule has 0 saturated carbocycles. The van der Waals surface area contributed by atoms with Gasteiger partial charge in [-0.15, -0.1) is 0 Å². The second-order valence-corrected chi connectivity index (χ2v) is 7.71. The number of alkyl halides is 1. The minimum absolute atomic E-state index is 0.0201. The quantitative estimate of drug-likeness (QED) is 0.499. The maximum atomic E-state index is 12.1. The summed E-state index contributed by atoms with van der Waals surface area (Å²) in [5.41, 5.74) is 0.377. The number of carbonyl (C=O) groups excluding carboxylic acids is 2. The third kappa shape index (κ3) is 4.96. The number of ether oxygens (including phenoxy) is 3.